The third kappa shape index (κ3) is 5.12. The lowest BCUT2D eigenvalue weighted by molar-refractivity contribution is -0.181. The van der Waals surface area contributed by atoms with Crippen LogP contribution in [0, 0.1) is 28.1 Å². The quantitative estimate of drug-likeness (QED) is 0.223. The van der Waals surface area contributed by atoms with E-state index in [1.807, 2.05) is 33.8 Å². The molecular formula is C35H52O5. The van der Waals surface area contributed by atoms with Crippen molar-refractivity contribution < 1.29 is 24.2 Å². The van der Waals surface area contributed by atoms with E-state index in [1.165, 1.54) is 11.1 Å². The van der Waals surface area contributed by atoms with Gasteiger partial charge in [0.15, 0.2) is 22.8 Å². The van der Waals surface area contributed by atoms with Gasteiger partial charge in [-0.1, -0.05) is 55.7 Å². The van der Waals surface area contributed by atoms with Crippen LogP contribution in [0.2, 0.25) is 0 Å². The second-order valence-electron chi connectivity index (χ2n) is 14.4. The molecule has 0 amide bonds. The topological polar surface area (TPSA) is 80.7 Å². The minimum atomic E-state index is -1.59. The number of allylic oxidation sites excluding steroid dienone is 7. The van der Waals surface area contributed by atoms with E-state index in [2.05, 4.69) is 46.8 Å². The van der Waals surface area contributed by atoms with E-state index < -0.39 is 33.9 Å². The Morgan fingerprint density at radius 3 is 2.10 bits per heavy atom. The number of Topliss-reactive ketones (excluding diaryl/α,β-unsaturated/α-hetero) is 3. The zero-order valence-corrected chi connectivity index (χ0v) is 26.8. The third-order valence-corrected chi connectivity index (χ3v) is 9.67. The summed E-state index contributed by atoms with van der Waals surface area (Å²) in [5.74, 6) is -0.967. The molecule has 1 heterocycles. The average molecular weight is 553 g/mol. The first-order valence-electron chi connectivity index (χ1n) is 15.0. The zero-order chi connectivity index (χ0) is 30.4. The van der Waals surface area contributed by atoms with E-state index in [0.717, 1.165) is 12.0 Å². The van der Waals surface area contributed by atoms with Gasteiger partial charge < -0.3 is 9.84 Å². The summed E-state index contributed by atoms with van der Waals surface area (Å²) in [6.07, 6.45) is 8.54. The Kier molecular flexibility index (Phi) is 9.02. The van der Waals surface area contributed by atoms with Gasteiger partial charge >= 0.3 is 0 Å². The van der Waals surface area contributed by atoms with Gasteiger partial charge in [0.05, 0.1) is 11.0 Å². The normalized spacial score (nSPS) is 31.5. The fraction of sp³-hybridized carbons (Fsp3) is 0.686. The molecule has 1 unspecified atom stereocenters. The van der Waals surface area contributed by atoms with Crippen LogP contribution in [0.5, 0.6) is 0 Å². The van der Waals surface area contributed by atoms with Gasteiger partial charge in [-0.25, -0.2) is 0 Å². The SMILES string of the molecule is CC(C)=CCC[C@]1(C)[C@@H](CC=C(C)C)C[C@]2(CC=C(C)C)C(=O)C3=C(OC(C(C)(C)O)C3)[C@@]1(C(=O)C(C)C)C2=O. The minimum absolute atomic E-state index is 0.0956. The molecule has 2 bridgehead atoms. The van der Waals surface area contributed by atoms with Crippen LogP contribution in [-0.4, -0.2) is 34.2 Å². The van der Waals surface area contributed by atoms with Gasteiger partial charge in [-0.2, -0.15) is 0 Å². The fourth-order valence-corrected chi connectivity index (χ4v) is 7.31. The Morgan fingerprint density at radius 1 is 1.02 bits per heavy atom. The number of rotatable bonds is 10. The monoisotopic (exact) mass is 552 g/mol. The summed E-state index contributed by atoms with van der Waals surface area (Å²) in [6, 6.07) is 0. The molecule has 1 fully saturated rings. The van der Waals surface area contributed by atoms with E-state index in [1.54, 1.807) is 13.8 Å². The van der Waals surface area contributed by atoms with Crippen molar-refractivity contribution in [2.75, 3.05) is 0 Å². The molecule has 1 N–H and O–H groups in total. The van der Waals surface area contributed by atoms with Crippen LogP contribution in [-0.2, 0) is 19.1 Å². The van der Waals surface area contributed by atoms with Crippen molar-refractivity contribution >= 4 is 17.3 Å². The molecule has 5 atom stereocenters. The Hall–Kier alpha value is -2.27. The van der Waals surface area contributed by atoms with E-state index in [4.69, 9.17) is 4.74 Å². The molecule has 2 aliphatic carbocycles. The molecule has 3 aliphatic rings. The highest BCUT2D eigenvalue weighted by atomic mass is 16.5. The number of aliphatic hydroxyl groups is 1. The maximum Gasteiger partial charge on any atom is 0.176 e. The lowest BCUT2D eigenvalue weighted by Gasteiger charge is -2.61. The molecule has 0 radical (unpaired) electrons. The second kappa shape index (κ2) is 11.2. The second-order valence-corrected chi connectivity index (χ2v) is 14.4. The van der Waals surface area contributed by atoms with Crippen LogP contribution >= 0.6 is 0 Å². The summed E-state index contributed by atoms with van der Waals surface area (Å²) < 4.78 is 6.52. The number of ether oxygens (including phenoxy) is 1. The highest BCUT2D eigenvalue weighted by molar-refractivity contribution is 6.27. The predicted octanol–water partition coefficient (Wildman–Crippen LogP) is 7.64. The summed E-state index contributed by atoms with van der Waals surface area (Å²) in [5, 5.41) is 11.0. The highest BCUT2D eigenvalue weighted by Crippen LogP contribution is 2.69. The lowest BCUT2D eigenvalue weighted by Crippen LogP contribution is -2.69. The molecule has 222 valence electrons. The molecule has 0 spiro atoms. The van der Waals surface area contributed by atoms with Crippen molar-refractivity contribution in [1.29, 1.82) is 0 Å². The average Bonchev–Trinajstić information content (AvgIpc) is 3.28. The maximum atomic E-state index is 15.2. The van der Waals surface area contributed by atoms with E-state index in [9.17, 15) is 14.7 Å². The molecule has 1 saturated carbocycles. The van der Waals surface area contributed by atoms with Crippen LogP contribution in [0.1, 0.15) is 115 Å². The number of carbonyl (C=O) groups excluding carboxylic acids is 3. The van der Waals surface area contributed by atoms with E-state index in [-0.39, 0.29) is 41.9 Å². The summed E-state index contributed by atoms with van der Waals surface area (Å²) in [5.41, 5.74) is -1.12. The molecular weight excluding hydrogens is 500 g/mol. The Bertz CT molecular complexity index is 1180. The van der Waals surface area contributed by atoms with Crippen LogP contribution in [0.15, 0.2) is 46.3 Å². The molecule has 0 aromatic heterocycles. The summed E-state index contributed by atoms with van der Waals surface area (Å²) in [6.45, 7) is 21.3. The fourth-order valence-electron chi connectivity index (χ4n) is 7.31. The van der Waals surface area contributed by atoms with Crippen molar-refractivity contribution in [3.8, 4) is 0 Å². The van der Waals surface area contributed by atoms with Crippen LogP contribution in [0.3, 0.4) is 0 Å². The molecule has 1 aliphatic heterocycles. The van der Waals surface area contributed by atoms with Crippen LogP contribution in [0.4, 0.5) is 0 Å². The first kappa shape index (κ1) is 32.2. The zero-order valence-electron chi connectivity index (χ0n) is 26.8. The lowest BCUT2D eigenvalue weighted by atomic mass is 9.38. The summed E-state index contributed by atoms with van der Waals surface area (Å²) in [4.78, 5) is 44.6. The largest absolute Gasteiger partial charge is 0.489 e. The Morgan fingerprint density at radius 2 is 1.60 bits per heavy atom. The summed E-state index contributed by atoms with van der Waals surface area (Å²) >= 11 is 0. The van der Waals surface area contributed by atoms with Crippen molar-refractivity contribution in [1.82, 2.24) is 0 Å². The molecule has 0 aromatic rings. The van der Waals surface area contributed by atoms with Crippen LogP contribution < -0.4 is 0 Å². The van der Waals surface area contributed by atoms with Gasteiger partial charge in [-0.3, -0.25) is 14.4 Å². The maximum absolute atomic E-state index is 15.2. The number of hydrogen-bond acceptors (Lipinski definition) is 5. The molecule has 5 nitrogen and oxygen atoms in total. The molecule has 40 heavy (non-hydrogen) atoms. The number of fused-ring (bicyclic) bond motifs is 3. The van der Waals surface area contributed by atoms with Gasteiger partial charge in [0.1, 0.15) is 11.9 Å². The van der Waals surface area contributed by atoms with Gasteiger partial charge in [0, 0.05) is 17.9 Å². The third-order valence-electron chi connectivity index (χ3n) is 9.67. The smallest absolute Gasteiger partial charge is 0.176 e. The van der Waals surface area contributed by atoms with Gasteiger partial charge in [0.2, 0.25) is 0 Å². The Balaban J connectivity index is 2.46. The van der Waals surface area contributed by atoms with Crippen molar-refractivity contribution in [3.05, 3.63) is 46.3 Å². The van der Waals surface area contributed by atoms with E-state index in [0.29, 0.717) is 24.8 Å². The molecule has 0 saturated heterocycles. The van der Waals surface area contributed by atoms with Gasteiger partial charge in [0.25, 0.3) is 0 Å². The number of ketones is 3. The predicted molar refractivity (Wildman–Crippen MR) is 161 cm³/mol. The minimum Gasteiger partial charge on any atom is -0.489 e. The van der Waals surface area contributed by atoms with Crippen LogP contribution in [0.25, 0.3) is 0 Å². The molecule has 0 aromatic carbocycles. The summed E-state index contributed by atoms with van der Waals surface area (Å²) in [7, 11) is 0. The molecule has 5 heteroatoms. The van der Waals surface area contributed by atoms with Crippen molar-refractivity contribution in [3.63, 3.8) is 0 Å². The number of hydrogen-bond donors (Lipinski definition) is 1. The number of carbonyl (C=O) groups is 3. The molecule has 3 rings (SSSR count). The van der Waals surface area contributed by atoms with E-state index >= 15 is 4.79 Å². The van der Waals surface area contributed by atoms with Gasteiger partial charge in [-0.05, 0) is 98.8 Å². The Labute approximate surface area is 242 Å². The standard InChI is InChI=1S/C35H52O5/c1-21(2)13-12-17-33(11)25(15-14-22(3)4)20-34(18-16-23(5)6)29(37)26-19-27(32(9,10)39)40-30(26)35(33,31(34)38)28(36)24(7)8/h13-14,16,24-25,27,39H,12,15,17-20H2,1-11H3/t25-,27?,33+,34+,35-/m0/s1. The van der Waals surface area contributed by atoms with Crippen molar-refractivity contribution in [2.45, 2.75) is 126 Å². The first-order valence-corrected chi connectivity index (χ1v) is 15.0. The van der Waals surface area contributed by atoms with Crippen molar-refractivity contribution in [2.24, 2.45) is 28.1 Å². The first-order chi connectivity index (χ1) is 18.4. The van der Waals surface area contributed by atoms with Gasteiger partial charge in [-0.15, -0.1) is 0 Å². The highest BCUT2D eigenvalue weighted by Gasteiger charge is 2.77.